The number of hydrogen-bond acceptors (Lipinski definition) is 5. The molecule has 0 unspecified atom stereocenters. The monoisotopic (exact) mass is 231 g/mol. The molecule has 2 N–H and O–H groups in total. The summed E-state index contributed by atoms with van der Waals surface area (Å²) in [5, 5.41) is 7.57. The van der Waals surface area contributed by atoms with Crippen molar-refractivity contribution in [3.8, 4) is 17.4 Å². The van der Waals surface area contributed by atoms with Gasteiger partial charge in [-0.1, -0.05) is 6.07 Å². The quantitative estimate of drug-likeness (QED) is 0.867. The second-order valence-corrected chi connectivity index (χ2v) is 3.35. The summed E-state index contributed by atoms with van der Waals surface area (Å²) in [5.74, 6) is 1.63. The van der Waals surface area contributed by atoms with Crippen molar-refractivity contribution in [1.82, 2.24) is 10.2 Å². The lowest BCUT2D eigenvalue weighted by molar-refractivity contribution is 0.372. The van der Waals surface area contributed by atoms with Gasteiger partial charge in [-0.2, -0.15) is 5.10 Å². The van der Waals surface area contributed by atoms with Crippen molar-refractivity contribution < 1.29 is 9.47 Å². The van der Waals surface area contributed by atoms with Gasteiger partial charge in [0, 0.05) is 18.8 Å². The van der Waals surface area contributed by atoms with Crippen molar-refractivity contribution >= 4 is 0 Å². The summed E-state index contributed by atoms with van der Waals surface area (Å²) in [6.07, 6.45) is 1.58. The van der Waals surface area contributed by atoms with E-state index in [0.29, 0.717) is 23.9 Å². The van der Waals surface area contributed by atoms with Gasteiger partial charge in [0.15, 0.2) is 11.5 Å². The number of nitrogens with two attached hydrogens (primary N) is 1. The van der Waals surface area contributed by atoms with Crippen LogP contribution in [0.5, 0.6) is 17.4 Å². The maximum absolute atomic E-state index is 5.56. The lowest BCUT2D eigenvalue weighted by Gasteiger charge is -2.10. The number of methoxy groups -OCH3 is 1. The Balaban J connectivity index is 2.26. The first-order chi connectivity index (χ1) is 8.33. The molecule has 0 radical (unpaired) electrons. The van der Waals surface area contributed by atoms with Gasteiger partial charge in [0.1, 0.15) is 0 Å². The van der Waals surface area contributed by atoms with Gasteiger partial charge >= 0.3 is 0 Å². The third-order valence-electron chi connectivity index (χ3n) is 2.23. The topological polar surface area (TPSA) is 70.3 Å². The van der Waals surface area contributed by atoms with Gasteiger partial charge in [0.25, 0.3) is 0 Å². The van der Waals surface area contributed by atoms with E-state index in [4.69, 9.17) is 15.2 Å². The molecule has 0 saturated heterocycles. The molecule has 0 amide bonds. The predicted molar refractivity (Wildman–Crippen MR) is 63.0 cm³/mol. The second kappa shape index (κ2) is 5.27. The van der Waals surface area contributed by atoms with Crippen molar-refractivity contribution in [2.24, 2.45) is 5.73 Å². The molecule has 0 aliphatic heterocycles. The van der Waals surface area contributed by atoms with Crippen molar-refractivity contribution in [3.63, 3.8) is 0 Å². The first-order valence-corrected chi connectivity index (χ1v) is 5.16. The number of ether oxygens (including phenoxy) is 2. The Morgan fingerprint density at radius 1 is 1.24 bits per heavy atom. The van der Waals surface area contributed by atoms with Gasteiger partial charge in [-0.15, -0.1) is 5.10 Å². The van der Waals surface area contributed by atoms with Gasteiger partial charge in [-0.3, -0.25) is 0 Å². The Labute approximate surface area is 99.2 Å². The lowest BCUT2D eigenvalue weighted by Crippen LogP contribution is -1.98. The van der Waals surface area contributed by atoms with Gasteiger partial charge in [0.05, 0.1) is 7.11 Å². The molecule has 1 aromatic heterocycles. The zero-order valence-electron chi connectivity index (χ0n) is 9.46. The fourth-order valence-electron chi connectivity index (χ4n) is 1.38. The zero-order valence-corrected chi connectivity index (χ0v) is 9.46. The normalized spacial score (nSPS) is 10.0. The molecule has 0 spiro atoms. The molecule has 5 heteroatoms. The molecular weight excluding hydrogens is 218 g/mol. The Kier molecular flexibility index (Phi) is 3.52. The van der Waals surface area contributed by atoms with Gasteiger partial charge in [0.2, 0.25) is 5.88 Å². The number of benzene rings is 1. The first-order valence-electron chi connectivity index (χ1n) is 5.16. The molecule has 0 aliphatic carbocycles. The molecule has 1 heterocycles. The highest BCUT2D eigenvalue weighted by molar-refractivity contribution is 5.44. The van der Waals surface area contributed by atoms with Crippen LogP contribution in [0.3, 0.4) is 0 Å². The maximum Gasteiger partial charge on any atom is 0.239 e. The third kappa shape index (κ3) is 2.70. The van der Waals surface area contributed by atoms with E-state index in [1.165, 1.54) is 0 Å². The first kappa shape index (κ1) is 11.3. The van der Waals surface area contributed by atoms with E-state index in [9.17, 15) is 0 Å². The number of hydrogen-bond donors (Lipinski definition) is 1. The Bertz CT molecular complexity index is 488. The fraction of sp³-hybridized carbons (Fsp3) is 0.167. The summed E-state index contributed by atoms with van der Waals surface area (Å²) in [7, 11) is 1.58. The molecule has 5 nitrogen and oxygen atoms in total. The summed E-state index contributed by atoms with van der Waals surface area (Å²) < 4.78 is 10.8. The van der Waals surface area contributed by atoms with Crippen molar-refractivity contribution in [2.75, 3.05) is 7.11 Å². The average Bonchev–Trinajstić information content (AvgIpc) is 2.40. The molecule has 88 valence electrons. The van der Waals surface area contributed by atoms with Crippen LogP contribution >= 0.6 is 0 Å². The van der Waals surface area contributed by atoms with Crippen LogP contribution in [0.15, 0.2) is 36.5 Å². The average molecular weight is 231 g/mol. The van der Waals surface area contributed by atoms with E-state index in [1.54, 1.807) is 31.5 Å². The minimum absolute atomic E-state index is 0.422. The molecule has 0 saturated carbocycles. The molecule has 17 heavy (non-hydrogen) atoms. The number of nitrogens with zero attached hydrogens (tertiary/aromatic N) is 2. The SMILES string of the molecule is COc1cc(CN)ccc1Oc1cccnn1. The Morgan fingerprint density at radius 2 is 2.12 bits per heavy atom. The summed E-state index contributed by atoms with van der Waals surface area (Å²) in [6, 6.07) is 9.00. The molecule has 0 atom stereocenters. The lowest BCUT2D eigenvalue weighted by atomic mass is 10.2. The predicted octanol–water partition coefficient (Wildman–Crippen LogP) is 1.74. The van der Waals surface area contributed by atoms with Crippen molar-refractivity contribution in [3.05, 3.63) is 42.1 Å². The summed E-state index contributed by atoms with van der Waals surface area (Å²) in [6.45, 7) is 0.460. The van der Waals surface area contributed by atoms with Crippen LogP contribution in [0.2, 0.25) is 0 Å². The standard InChI is InChI=1S/C12H13N3O2/c1-16-11-7-9(8-13)4-5-10(11)17-12-3-2-6-14-15-12/h2-7H,8,13H2,1H3. The van der Waals surface area contributed by atoms with Crippen LogP contribution in [0, 0.1) is 0 Å². The van der Waals surface area contributed by atoms with Crippen LogP contribution in [0.4, 0.5) is 0 Å². The minimum atomic E-state index is 0.422. The van der Waals surface area contributed by atoms with Crippen LogP contribution in [0.25, 0.3) is 0 Å². The van der Waals surface area contributed by atoms with Crippen LogP contribution in [0.1, 0.15) is 5.56 Å². The summed E-state index contributed by atoms with van der Waals surface area (Å²) in [5.41, 5.74) is 6.54. The Hall–Kier alpha value is -2.14. The molecule has 1 aromatic carbocycles. The van der Waals surface area contributed by atoms with Crippen molar-refractivity contribution in [1.29, 1.82) is 0 Å². The molecule has 0 fully saturated rings. The highest BCUT2D eigenvalue weighted by Crippen LogP contribution is 2.31. The second-order valence-electron chi connectivity index (χ2n) is 3.35. The molecule has 0 aliphatic rings. The van der Waals surface area contributed by atoms with Crippen molar-refractivity contribution in [2.45, 2.75) is 6.54 Å². The van der Waals surface area contributed by atoms with E-state index in [2.05, 4.69) is 10.2 Å². The molecule has 2 rings (SSSR count). The zero-order chi connectivity index (χ0) is 12.1. The van der Waals surface area contributed by atoms with Crippen LogP contribution < -0.4 is 15.2 Å². The van der Waals surface area contributed by atoms with E-state index in [-0.39, 0.29) is 0 Å². The number of rotatable bonds is 4. The molecule has 2 aromatic rings. The highest BCUT2D eigenvalue weighted by atomic mass is 16.5. The largest absolute Gasteiger partial charge is 0.493 e. The minimum Gasteiger partial charge on any atom is -0.493 e. The smallest absolute Gasteiger partial charge is 0.239 e. The van der Waals surface area contributed by atoms with E-state index >= 15 is 0 Å². The summed E-state index contributed by atoms with van der Waals surface area (Å²) >= 11 is 0. The van der Waals surface area contributed by atoms with Gasteiger partial charge in [-0.25, -0.2) is 0 Å². The molecule has 0 bridgehead atoms. The Morgan fingerprint density at radius 3 is 2.76 bits per heavy atom. The van der Waals surface area contributed by atoms with Gasteiger partial charge in [-0.05, 0) is 23.8 Å². The van der Waals surface area contributed by atoms with Crippen LogP contribution in [-0.4, -0.2) is 17.3 Å². The van der Waals surface area contributed by atoms with E-state index in [0.717, 1.165) is 5.56 Å². The number of aromatic nitrogens is 2. The van der Waals surface area contributed by atoms with E-state index < -0.39 is 0 Å². The van der Waals surface area contributed by atoms with Gasteiger partial charge < -0.3 is 15.2 Å². The van der Waals surface area contributed by atoms with Crippen LogP contribution in [-0.2, 0) is 6.54 Å². The highest BCUT2D eigenvalue weighted by Gasteiger charge is 2.07. The fourth-order valence-corrected chi connectivity index (χ4v) is 1.38. The third-order valence-corrected chi connectivity index (χ3v) is 2.23. The maximum atomic E-state index is 5.56. The van der Waals surface area contributed by atoms with E-state index in [1.807, 2.05) is 12.1 Å². The summed E-state index contributed by atoms with van der Waals surface area (Å²) in [4.78, 5) is 0. The molecular formula is C12H13N3O2.